The van der Waals surface area contributed by atoms with Crippen LogP contribution in [0.2, 0.25) is 0 Å². The number of esters is 2. The Morgan fingerprint density at radius 2 is 1.13 bits per heavy atom. The van der Waals surface area contributed by atoms with E-state index in [-0.39, 0.29) is 47.7 Å². The second-order valence-corrected chi connectivity index (χ2v) is 27.7. The Morgan fingerprint density at radius 3 is 1.56 bits per heavy atom. The van der Waals surface area contributed by atoms with E-state index in [1.807, 2.05) is 140 Å². The third kappa shape index (κ3) is 18.8. The first-order valence-corrected chi connectivity index (χ1v) is 32.0. The van der Waals surface area contributed by atoms with Crippen LogP contribution < -0.4 is 19.7 Å². The number of ether oxygens (including phenoxy) is 2. The SMILES string of the molecule is CC(C)COC(=O)C(C)(C)CCCCl.CNC(=O)c1c(-c2ccc(C)cc2)oc2cc(N(CCCC(C)(C)C(=O)OCC(C)C)S(C)(=O)=O)c(I)cc12.CNC(=O)c1c(-c2ccc(C)cc2)oc2nc(NS(C)(=O)=O)c(I)cc12. The second-order valence-electron chi connectivity index (χ2n) is 21.3. The third-order valence-corrected chi connectivity index (χ3v) is 15.9. The number of aromatic nitrogens is 1. The van der Waals surface area contributed by atoms with E-state index in [4.69, 9.17) is 29.9 Å². The van der Waals surface area contributed by atoms with Crippen LogP contribution in [0.3, 0.4) is 0 Å². The summed E-state index contributed by atoms with van der Waals surface area (Å²) >= 11 is 9.64. The Morgan fingerprint density at radius 1 is 0.684 bits per heavy atom. The van der Waals surface area contributed by atoms with Crippen molar-refractivity contribution in [2.24, 2.45) is 22.7 Å². The molecule has 2 amide bonds. The molecule has 0 saturated carbocycles. The average molecular weight is 1370 g/mol. The quantitative estimate of drug-likeness (QED) is 0.0346. The standard InChI is InChI=1S/C29H37IN2O6S.C17H16IN3O4S.C11H21ClO2/c1-18(2)17-37-28(34)29(4,5)13-8-14-32(39(7,35)36)23-16-24-21(15-22(23)30)25(27(33)31-6)26(38-24)20-11-9-19(3)10-12-20;1-9-4-6-10(7-5-9)14-13(16(22)19-2)11-8-12(18)15(20-17(11)25-14)21-26(3,23)24;1-9(2)8-14-10(13)11(3,4)6-5-7-12/h9-12,15-16,18H,8,13-14,17H2,1-7H3,(H,31,33);4-8H,1-3H3,(H,19,22)(H,20,21);9H,5-8H2,1-4H3. The van der Waals surface area contributed by atoms with Gasteiger partial charge in [-0.05, 0) is 136 Å². The van der Waals surface area contributed by atoms with Gasteiger partial charge < -0.3 is 28.9 Å². The molecule has 0 atom stereocenters. The van der Waals surface area contributed by atoms with Gasteiger partial charge in [-0.25, -0.2) is 16.8 Å². The maximum Gasteiger partial charge on any atom is 0.311 e. The number of carbonyl (C=O) groups excluding carboxylic acids is 4. The summed E-state index contributed by atoms with van der Waals surface area (Å²) in [5.74, 6) is 1.19. The zero-order chi connectivity index (χ0) is 59.4. The molecule has 22 heteroatoms. The minimum absolute atomic E-state index is 0.115. The largest absolute Gasteiger partial charge is 0.465 e. The van der Waals surface area contributed by atoms with Crippen molar-refractivity contribution in [3.63, 3.8) is 0 Å². The van der Waals surface area contributed by atoms with Crippen LogP contribution in [0.5, 0.6) is 0 Å². The van der Waals surface area contributed by atoms with Gasteiger partial charge >= 0.3 is 11.9 Å². The van der Waals surface area contributed by atoms with E-state index in [0.717, 1.165) is 47.6 Å². The second kappa shape index (κ2) is 28.6. The molecule has 3 N–H and O–H groups in total. The summed E-state index contributed by atoms with van der Waals surface area (Å²) in [6.45, 7) is 20.4. The number of hydrogen-bond donors (Lipinski definition) is 3. The number of halogens is 3. The van der Waals surface area contributed by atoms with Crippen LogP contribution in [0.25, 0.3) is 44.7 Å². The molecule has 79 heavy (non-hydrogen) atoms. The minimum atomic E-state index is -3.66. The predicted molar refractivity (Wildman–Crippen MR) is 332 cm³/mol. The van der Waals surface area contributed by atoms with E-state index < -0.39 is 30.9 Å². The number of sulfonamides is 2. The summed E-state index contributed by atoms with van der Waals surface area (Å²) in [5, 5.41) is 6.41. The van der Waals surface area contributed by atoms with Gasteiger partial charge in [-0.1, -0.05) is 87.4 Å². The van der Waals surface area contributed by atoms with Gasteiger partial charge in [0, 0.05) is 52.7 Å². The minimum Gasteiger partial charge on any atom is -0.465 e. The molecule has 17 nitrogen and oxygen atoms in total. The molecule has 3 heterocycles. The molecule has 0 radical (unpaired) electrons. The number of anilines is 2. The Hall–Kier alpha value is -4.98. The molecule has 0 aliphatic rings. The zero-order valence-corrected chi connectivity index (χ0v) is 54.1. The van der Waals surface area contributed by atoms with Gasteiger partial charge in [-0.2, -0.15) is 4.98 Å². The number of benzene rings is 3. The first kappa shape index (κ1) is 66.5. The number of nitrogens with zero attached hydrogens (tertiary/aromatic N) is 2. The average Bonchev–Trinajstić information content (AvgIpc) is 4.18. The molecular weight excluding hydrogens is 1300 g/mol. The summed E-state index contributed by atoms with van der Waals surface area (Å²) in [6.07, 6.45) is 4.74. The van der Waals surface area contributed by atoms with E-state index in [0.29, 0.717) is 89.7 Å². The zero-order valence-electron chi connectivity index (χ0n) is 47.4. The van der Waals surface area contributed by atoms with Crippen molar-refractivity contribution in [3.05, 3.63) is 96.1 Å². The van der Waals surface area contributed by atoms with Gasteiger partial charge in [-0.3, -0.25) is 28.2 Å². The highest BCUT2D eigenvalue weighted by atomic mass is 127. The molecule has 432 valence electrons. The Bertz CT molecular complexity index is 3340. The molecule has 6 rings (SSSR count). The van der Waals surface area contributed by atoms with Crippen LogP contribution in [0.15, 0.2) is 75.6 Å². The van der Waals surface area contributed by atoms with Crippen molar-refractivity contribution in [3.8, 4) is 22.6 Å². The molecule has 3 aromatic heterocycles. The van der Waals surface area contributed by atoms with Crippen molar-refractivity contribution in [1.82, 2.24) is 15.6 Å². The summed E-state index contributed by atoms with van der Waals surface area (Å²) in [7, 11) is -4.05. The number of nitrogens with one attached hydrogen (secondary N) is 3. The lowest BCUT2D eigenvalue weighted by atomic mass is 9.88. The Labute approximate surface area is 497 Å². The van der Waals surface area contributed by atoms with Crippen molar-refractivity contribution in [2.45, 2.75) is 94.9 Å². The number of aryl methyl sites for hydroxylation is 2. The molecule has 0 unspecified atom stereocenters. The maximum absolute atomic E-state index is 12.9. The van der Waals surface area contributed by atoms with Gasteiger partial charge in [0.2, 0.25) is 25.8 Å². The topological polar surface area (TPSA) is 234 Å². The predicted octanol–water partition coefficient (Wildman–Crippen LogP) is 12.5. The fraction of sp³-hybridized carbons (Fsp3) is 0.456. The van der Waals surface area contributed by atoms with Crippen molar-refractivity contribution in [1.29, 1.82) is 0 Å². The van der Waals surface area contributed by atoms with E-state index in [9.17, 15) is 36.0 Å². The lowest BCUT2D eigenvalue weighted by Gasteiger charge is -2.27. The van der Waals surface area contributed by atoms with Crippen molar-refractivity contribution >= 4 is 134 Å². The third-order valence-electron chi connectivity index (χ3n) is 12.2. The van der Waals surface area contributed by atoms with Gasteiger partial charge in [0.15, 0.2) is 5.82 Å². The van der Waals surface area contributed by atoms with Gasteiger partial charge in [0.1, 0.15) is 17.1 Å². The molecule has 0 spiro atoms. The van der Waals surface area contributed by atoms with Gasteiger partial charge in [-0.15, -0.1) is 11.6 Å². The number of fused-ring (bicyclic) bond motifs is 2. The van der Waals surface area contributed by atoms with Crippen LogP contribution in [0.4, 0.5) is 11.5 Å². The van der Waals surface area contributed by atoms with E-state index in [1.165, 1.54) is 11.4 Å². The van der Waals surface area contributed by atoms with Crippen LogP contribution >= 0.6 is 56.8 Å². The molecule has 0 saturated heterocycles. The number of rotatable bonds is 21. The number of carbonyl (C=O) groups is 4. The fourth-order valence-electron chi connectivity index (χ4n) is 7.78. The van der Waals surface area contributed by atoms with Crippen molar-refractivity contribution < 1.29 is 54.3 Å². The monoisotopic (exact) mass is 1370 g/mol. The molecule has 6 aromatic rings. The van der Waals surface area contributed by atoms with E-state index >= 15 is 0 Å². The number of hydrogen-bond acceptors (Lipinski definition) is 13. The van der Waals surface area contributed by atoms with Crippen LogP contribution in [-0.4, -0.2) is 97.8 Å². The molecule has 3 aromatic carbocycles. The van der Waals surface area contributed by atoms with Crippen LogP contribution in [-0.2, 0) is 39.1 Å². The first-order valence-electron chi connectivity index (χ1n) is 25.6. The van der Waals surface area contributed by atoms with Crippen LogP contribution in [0.1, 0.15) is 113 Å². The summed E-state index contributed by atoms with van der Waals surface area (Å²) in [4.78, 5) is 53.8. The molecule has 0 aliphatic carbocycles. The number of alkyl halides is 1. The highest BCUT2D eigenvalue weighted by molar-refractivity contribution is 14.1. The van der Waals surface area contributed by atoms with Crippen molar-refractivity contribution in [2.75, 3.05) is 61.3 Å². The highest BCUT2D eigenvalue weighted by Crippen LogP contribution is 2.40. The lowest BCUT2D eigenvalue weighted by molar-refractivity contribution is -0.156. The Balaban J connectivity index is 0.000000288. The smallest absolute Gasteiger partial charge is 0.311 e. The van der Waals surface area contributed by atoms with Gasteiger partial charge in [0.25, 0.3) is 11.8 Å². The normalized spacial score (nSPS) is 11.9. The molecule has 0 fully saturated rings. The summed E-state index contributed by atoms with van der Waals surface area (Å²) in [5.41, 5.74) is 4.31. The molecule has 0 aliphatic heterocycles. The number of amides is 2. The fourth-order valence-corrected chi connectivity index (χ4v) is 11.1. The number of pyridine rings is 1. The van der Waals surface area contributed by atoms with Crippen LogP contribution in [0, 0.1) is 43.7 Å². The van der Waals surface area contributed by atoms with E-state index in [1.54, 1.807) is 25.2 Å². The maximum atomic E-state index is 12.9. The molecule has 0 bridgehead atoms. The highest BCUT2D eigenvalue weighted by Gasteiger charge is 2.32. The number of furan rings is 2. The summed E-state index contributed by atoms with van der Waals surface area (Å²) in [6, 6.07) is 20.4. The van der Waals surface area contributed by atoms with Gasteiger partial charge in [0.05, 0.1) is 62.3 Å². The van der Waals surface area contributed by atoms with E-state index in [2.05, 4.69) is 42.9 Å². The Kier molecular flexibility index (Phi) is 24.1. The molecular formula is C57H74ClI2N5O12S2. The summed E-state index contributed by atoms with van der Waals surface area (Å²) < 4.78 is 76.4. The first-order chi connectivity index (χ1) is 36.7. The lowest BCUT2D eigenvalue weighted by Crippen LogP contribution is -2.33.